The Bertz CT molecular complexity index is 3690. The van der Waals surface area contributed by atoms with Crippen molar-refractivity contribution in [1.29, 1.82) is 0 Å². The summed E-state index contributed by atoms with van der Waals surface area (Å²) < 4.78 is 55.6. The number of likely N-dealkylation sites (N-methyl/N-ethyl adjacent to an activating group) is 1. The highest BCUT2D eigenvalue weighted by Gasteiger charge is 2.61. The van der Waals surface area contributed by atoms with Crippen molar-refractivity contribution in [3.63, 3.8) is 0 Å². The maximum absolute atomic E-state index is 15.3. The molecule has 1 aromatic rings. The normalized spacial score (nSPS) is 32.8. The van der Waals surface area contributed by atoms with Crippen molar-refractivity contribution in [2.45, 2.75) is 329 Å². The van der Waals surface area contributed by atoms with Crippen LogP contribution in [0.15, 0.2) is 47.1 Å². The summed E-state index contributed by atoms with van der Waals surface area (Å²) in [6, 6.07) is 2.31. The van der Waals surface area contributed by atoms with Gasteiger partial charge in [0.05, 0.1) is 67.7 Å². The maximum Gasteiger partial charge on any atom is 0.407 e. The lowest BCUT2D eigenvalue weighted by Gasteiger charge is -2.58. The number of rotatable bonds is 38. The van der Waals surface area contributed by atoms with Crippen LogP contribution in [-0.4, -0.2) is 304 Å². The Morgan fingerprint density at radius 3 is 1.78 bits per heavy atom. The van der Waals surface area contributed by atoms with Crippen molar-refractivity contribution in [3.05, 3.63) is 57.7 Å². The summed E-state index contributed by atoms with van der Waals surface area (Å²) in [5, 5.41) is 108. The Morgan fingerprint density at radius 1 is 0.699 bits per heavy atom. The summed E-state index contributed by atoms with van der Waals surface area (Å²) in [5.74, 6) is -0.932. The van der Waals surface area contributed by atoms with Gasteiger partial charge in [0.15, 0.2) is 12.6 Å². The number of carbonyl (C=O) groups is 6. The highest BCUT2D eigenvalue weighted by Crippen LogP contribution is 2.59. The molecular weight excluding hydrogens is 1710 g/mol. The number of aliphatic hydroxyl groups is 8. The standard InChI is InChI=1S/C89H144ClN3O25S5/c1-51-22-19-20-24-58-44-60(117-83(109)91-58)55(5)88(15)49-89(50-88,46-69(97)93(17)59-42-57(40-51)43-61(110-18)70(59)90)118-78(104)56(6)92(16)68(96)26-35-119-67-45-65(120-36-29-86(11,12)113-31-27-84(7,8)81(105)106)64(122-38-33-111-79-75(102)73(100)71(98)62(47-94)115-79)25-21-23-52(2)54(4)53(3)41-66(121-37-30-87(13,14)114-32-28-85(9,10)82(107)108)77(67)123-39-34-112-80-76(103)74(101)72(99)63(48-95)116-80/h19-20,22,42-43,52,55-56,58,60,62-67,71-77,79-80,94-95,98-103H,21,23-41,44-50H2,1-18H3,(H,91,109)(H,105,106)(H,107,108)/b20-19+,51-22-,54-53-/t52?,55-,56-,58?,60+,62?,63?,64?,65?,66?,67?,71?,72?,73?,74?,75?,76?,77?,79?,80?,88?,89?/m1/s1. The molecule has 20 atom stereocenters. The lowest BCUT2D eigenvalue weighted by atomic mass is 9.52. The van der Waals surface area contributed by atoms with E-state index in [4.69, 9.17) is 54.2 Å². The van der Waals surface area contributed by atoms with Gasteiger partial charge >= 0.3 is 24.0 Å². The van der Waals surface area contributed by atoms with Crippen LogP contribution < -0.4 is 15.0 Å². The number of aliphatic carboxylic acids is 2. The molecule has 4 fully saturated rings. The molecule has 0 radical (unpaired) electrons. The van der Waals surface area contributed by atoms with Gasteiger partial charge in [-0.1, -0.05) is 73.7 Å². The van der Waals surface area contributed by atoms with Crippen LogP contribution in [0.25, 0.3) is 0 Å². The van der Waals surface area contributed by atoms with Crippen molar-refractivity contribution in [2.75, 3.05) is 94.5 Å². The molecule has 3 amide bonds. The van der Waals surface area contributed by atoms with Crippen LogP contribution in [0.2, 0.25) is 5.02 Å². The van der Waals surface area contributed by atoms with E-state index in [0.29, 0.717) is 79.4 Å². The van der Waals surface area contributed by atoms with E-state index in [0.717, 1.165) is 30.4 Å². The molecule has 28 nitrogen and oxygen atoms in total. The fourth-order valence-corrected chi connectivity index (χ4v) is 25.3. The fourth-order valence-electron chi connectivity index (χ4n) is 16.5. The van der Waals surface area contributed by atoms with Crippen molar-refractivity contribution in [2.24, 2.45) is 28.1 Å². The third-order valence-electron chi connectivity index (χ3n) is 25.8. The van der Waals surface area contributed by atoms with Gasteiger partial charge in [0.25, 0.3) is 0 Å². The number of alkyl carbamates (subject to hydrolysis) is 1. The second kappa shape index (κ2) is 47.9. The Kier molecular flexibility index (Phi) is 41.5. The summed E-state index contributed by atoms with van der Waals surface area (Å²) in [4.78, 5) is 86.1. The largest absolute Gasteiger partial charge is 0.495 e. The first-order valence-corrected chi connectivity index (χ1v) is 49.0. The minimum atomic E-state index is -1.69. The fraction of sp³-hybridized carbons (Fsp3) is 0.798. The molecule has 0 aromatic heterocycles. The van der Waals surface area contributed by atoms with Crippen LogP contribution in [0, 0.1) is 28.1 Å². The van der Waals surface area contributed by atoms with Gasteiger partial charge in [0.1, 0.15) is 77.4 Å². The molecule has 702 valence electrons. The predicted molar refractivity (Wildman–Crippen MR) is 484 cm³/mol. The number of nitrogens with one attached hydrogen (secondary N) is 1. The summed E-state index contributed by atoms with van der Waals surface area (Å²) >= 11 is 15.6. The number of amides is 3. The Balaban J connectivity index is 1.28. The van der Waals surface area contributed by atoms with E-state index in [9.17, 15) is 65.4 Å². The first kappa shape index (κ1) is 106. The van der Waals surface area contributed by atoms with E-state index < -0.39 is 150 Å². The lowest BCUT2D eigenvalue weighted by Crippen LogP contribution is -2.61. The molecule has 6 bridgehead atoms. The Hall–Kier alpha value is -3.66. The number of benzene rings is 1. The summed E-state index contributed by atoms with van der Waals surface area (Å²) in [7, 11) is 4.70. The van der Waals surface area contributed by atoms with E-state index >= 15 is 14.4 Å². The number of hydrogen-bond acceptors (Lipinski definition) is 28. The van der Waals surface area contributed by atoms with E-state index in [1.807, 2.05) is 71.9 Å². The number of halogens is 1. The number of fused-ring (bicyclic) bond motifs is 5. The van der Waals surface area contributed by atoms with Crippen molar-refractivity contribution in [3.8, 4) is 5.75 Å². The molecule has 1 aromatic carbocycles. The van der Waals surface area contributed by atoms with Gasteiger partial charge in [-0.05, 0) is 207 Å². The van der Waals surface area contributed by atoms with Gasteiger partial charge in [-0.3, -0.25) is 19.2 Å². The second-order valence-electron chi connectivity index (χ2n) is 37.4. The Labute approximate surface area is 755 Å². The quantitative estimate of drug-likeness (QED) is 0.0166. The zero-order valence-corrected chi connectivity index (χ0v) is 80.3. The van der Waals surface area contributed by atoms with Crippen molar-refractivity contribution in [1.82, 2.24) is 10.2 Å². The molecular formula is C89H144ClN3O25S5. The van der Waals surface area contributed by atoms with Crippen LogP contribution in [0.4, 0.5) is 10.5 Å². The molecule has 34 heteroatoms. The monoisotopic (exact) mass is 1850 g/mol. The average molecular weight is 1850 g/mol. The minimum absolute atomic E-state index is 0.0239. The topological polar surface area (TPSA) is 406 Å². The minimum Gasteiger partial charge on any atom is -0.495 e. The van der Waals surface area contributed by atoms with Gasteiger partial charge in [0, 0.05) is 89.7 Å². The number of carboxylic acids is 2. The van der Waals surface area contributed by atoms with Gasteiger partial charge in [0.2, 0.25) is 11.8 Å². The molecule has 11 N–H and O–H groups in total. The molecule has 3 saturated heterocycles. The van der Waals surface area contributed by atoms with E-state index in [2.05, 4.69) is 33.0 Å². The van der Waals surface area contributed by atoms with Crippen LogP contribution in [-0.2, 0) is 68.3 Å². The maximum atomic E-state index is 15.3. The number of allylic oxidation sites excluding steroid dienone is 5. The predicted octanol–water partition coefficient (Wildman–Crippen LogP) is 11.4. The molecule has 123 heavy (non-hydrogen) atoms. The van der Waals surface area contributed by atoms with Gasteiger partial charge in [-0.2, -0.15) is 58.8 Å². The number of aliphatic hydroxyl groups excluding tert-OH is 8. The smallest absolute Gasteiger partial charge is 0.407 e. The number of nitrogens with zero attached hydrogens (tertiary/aromatic N) is 2. The number of hydrogen-bond donors (Lipinski definition) is 11. The molecule has 7 aliphatic rings. The van der Waals surface area contributed by atoms with Crippen LogP contribution in [0.1, 0.15) is 206 Å². The van der Waals surface area contributed by atoms with Gasteiger partial charge < -0.3 is 109 Å². The van der Waals surface area contributed by atoms with Crippen LogP contribution in [0.3, 0.4) is 0 Å². The Morgan fingerprint density at radius 2 is 1.24 bits per heavy atom. The van der Waals surface area contributed by atoms with Gasteiger partial charge in [-0.25, -0.2) is 9.59 Å². The SMILES string of the molecule is COc1cc2cc(c1Cl)N(C)C(=O)CC1(OC(=O)[C@@H](C)N(C)C(=O)CCSC3CC(SCCC(C)(C)OCCC(C)(C)C(=O)O)C(SCCOC4OC(CO)C(O)C(O)C4O)CCCC(C)/C(C)=C(/C)CC(SCCC(C)(C)OCCC(C)(C)C(=O)O)C3SCCOC3OC(CO)C(O)C(O)C3O)CC(C)(C1)[C@H](C)[C@@H]1CC(C/C=C/C=C(/C)C2)NC(=O)O1. The first-order chi connectivity index (χ1) is 57.6. The molecule has 8 rings (SSSR count). The van der Waals surface area contributed by atoms with E-state index in [-0.39, 0.29) is 126 Å². The first-order valence-electron chi connectivity index (χ1n) is 43.4. The number of thioether (sulfide) groups is 5. The highest BCUT2D eigenvalue weighted by atomic mass is 35.5. The summed E-state index contributed by atoms with van der Waals surface area (Å²) in [5.41, 5.74) is -0.723. The molecule has 5 heterocycles. The van der Waals surface area contributed by atoms with Crippen LogP contribution >= 0.6 is 70.4 Å². The number of anilines is 1. The molecule has 17 unspecified atom stereocenters. The number of methoxy groups -OCH3 is 1. The molecule has 2 aliphatic carbocycles. The van der Waals surface area contributed by atoms with Gasteiger partial charge in [-0.15, -0.1) is 0 Å². The zero-order chi connectivity index (χ0) is 91.4. The number of esters is 1. The van der Waals surface area contributed by atoms with Crippen molar-refractivity contribution < 1.29 is 122 Å². The lowest BCUT2D eigenvalue weighted by molar-refractivity contribution is -0.299. The molecule has 0 spiro atoms. The van der Waals surface area contributed by atoms with Crippen molar-refractivity contribution >= 4 is 112 Å². The number of carbonyl (C=O) groups excluding carboxylic acids is 4. The summed E-state index contributed by atoms with van der Waals surface area (Å²) in [6.07, 6.45) is -3.03. The molecule has 1 saturated carbocycles. The third-order valence-corrected chi connectivity index (χ3v) is 33.6. The number of carboxylic acid groups (broad SMARTS) is 2. The molecule has 5 aliphatic heterocycles. The average Bonchev–Trinajstić information content (AvgIpc) is 0.775. The highest BCUT2D eigenvalue weighted by molar-refractivity contribution is 8.06. The second-order valence-corrected chi connectivity index (χ2v) is 44.5. The number of ether oxygens (including phenoxy) is 9. The third kappa shape index (κ3) is 30.5. The van der Waals surface area contributed by atoms with E-state index in [1.54, 1.807) is 108 Å². The summed E-state index contributed by atoms with van der Waals surface area (Å²) in [6.45, 7) is 28.1. The zero-order valence-electron chi connectivity index (χ0n) is 75.4. The van der Waals surface area contributed by atoms with Crippen LogP contribution in [0.5, 0.6) is 5.75 Å². The van der Waals surface area contributed by atoms with E-state index in [1.165, 1.54) is 28.1 Å².